The summed E-state index contributed by atoms with van der Waals surface area (Å²) in [5, 5.41) is 0. The van der Waals surface area contributed by atoms with E-state index in [1.807, 2.05) is 0 Å². The number of hydrogen-bond acceptors (Lipinski definition) is 1. The third kappa shape index (κ3) is 1.98. The van der Waals surface area contributed by atoms with Gasteiger partial charge in [0.2, 0.25) is 0 Å². The van der Waals surface area contributed by atoms with Crippen LogP contribution >= 0.6 is 0 Å². The molecule has 0 aromatic carbocycles. The fourth-order valence-electron chi connectivity index (χ4n) is 1.87. The first-order valence-electron chi connectivity index (χ1n) is 5.91. The monoisotopic (exact) mass is 197 g/mol. The number of likely N-dealkylation sites (tertiary alicyclic amines) is 1. The lowest BCUT2D eigenvalue weighted by molar-refractivity contribution is -0.0675. The van der Waals surface area contributed by atoms with Gasteiger partial charge in [-0.2, -0.15) is 0 Å². The normalized spacial score (nSPS) is 21.4. The van der Waals surface area contributed by atoms with Crippen LogP contribution in [0.3, 0.4) is 0 Å². The summed E-state index contributed by atoms with van der Waals surface area (Å²) >= 11 is 0. The second kappa shape index (κ2) is 3.52. The van der Waals surface area contributed by atoms with E-state index >= 15 is 0 Å². The van der Waals surface area contributed by atoms with Crippen molar-refractivity contribution in [3.05, 3.63) is 0 Å². The standard InChI is InChI=1S/C13H27N/c1-10(2)11-8-14(9-11)13(6,7)12(3,4)5/h10-11H,8-9H2,1-7H3. The molecule has 1 rings (SSSR count). The summed E-state index contributed by atoms with van der Waals surface area (Å²) in [7, 11) is 0. The first-order chi connectivity index (χ1) is 6.16. The Morgan fingerprint density at radius 1 is 1.00 bits per heavy atom. The maximum Gasteiger partial charge on any atom is 0.0201 e. The number of rotatable bonds is 2. The molecule has 1 heterocycles. The highest BCUT2D eigenvalue weighted by atomic mass is 15.3. The van der Waals surface area contributed by atoms with Gasteiger partial charge in [0.1, 0.15) is 0 Å². The van der Waals surface area contributed by atoms with E-state index in [4.69, 9.17) is 0 Å². The molecule has 0 unspecified atom stereocenters. The minimum atomic E-state index is 0.332. The van der Waals surface area contributed by atoms with Crippen molar-refractivity contribution in [2.45, 2.75) is 54.0 Å². The summed E-state index contributed by atoms with van der Waals surface area (Å²) in [4.78, 5) is 2.64. The molecule has 1 aliphatic rings. The molecule has 14 heavy (non-hydrogen) atoms. The van der Waals surface area contributed by atoms with Gasteiger partial charge in [-0.15, -0.1) is 0 Å². The molecule has 0 radical (unpaired) electrons. The summed E-state index contributed by atoms with van der Waals surface area (Å²) in [6.45, 7) is 19.1. The average Bonchev–Trinajstić information content (AvgIpc) is 1.77. The average molecular weight is 197 g/mol. The van der Waals surface area contributed by atoms with Crippen molar-refractivity contribution in [2.24, 2.45) is 17.3 Å². The fraction of sp³-hybridized carbons (Fsp3) is 1.00. The van der Waals surface area contributed by atoms with Crippen LogP contribution in [0.5, 0.6) is 0 Å². The van der Waals surface area contributed by atoms with Crippen LogP contribution in [0.15, 0.2) is 0 Å². The van der Waals surface area contributed by atoms with Gasteiger partial charge in [-0.25, -0.2) is 0 Å². The molecule has 84 valence electrons. The molecule has 0 saturated carbocycles. The molecule has 0 atom stereocenters. The van der Waals surface area contributed by atoms with E-state index in [-0.39, 0.29) is 0 Å². The molecule has 0 aromatic rings. The van der Waals surface area contributed by atoms with Crippen molar-refractivity contribution in [3.63, 3.8) is 0 Å². The molecule has 0 bridgehead atoms. The lowest BCUT2D eigenvalue weighted by atomic mass is 9.71. The highest BCUT2D eigenvalue weighted by molar-refractivity contribution is 4.98. The first kappa shape index (κ1) is 12.0. The highest BCUT2D eigenvalue weighted by Crippen LogP contribution is 2.40. The predicted molar refractivity (Wildman–Crippen MR) is 63.4 cm³/mol. The predicted octanol–water partition coefficient (Wildman–Crippen LogP) is 3.40. The van der Waals surface area contributed by atoms with Crippen molar-refractivity contribution in [1.82, 2.24) is 4.90 Å². The molecule has 0 amide bonds. The molecule has 1 fully saturated rings. The molecule has 0 aromatic heterocycles. The van der Waals surface area contributed by atoms with Gasteiger partial charge in [0.25, 0.3) is 0 Å². The van der Waals surface area contributed by atoms with E-state index in [0.29, 0.717) is 11.0 Å². The highest BCUT2D eigenvalue weighted by Gasteiger charge is 2.44. The van der Waals surface area contributed by atoms with E-state index in [1.54, 1.807) is 0 Å². The second-order valence-corrected chi connectivity index (χ2v) is 6.72. The third-order valence-corrected chi connectivity index (χ3v) is 4.48. The summed E-state index contributed by atoms with van der Waals surface area (Å²) in [5.41, 5.74) is 0.702. The van der Waals surface area contributed by atoms with E-state index in [1.165, 1.54) is 13.1 Å². The van der Waals surface area contributed by atoms with Gasteiger partial charge < -0.3 is 0 Å². The van der Waals surface area contributed by atoms with Gasteiger partial charge in [-0.05, 0) is 31.1 Å². The number of hydrogen-bond donors (Lipinski definition) is 0. The van der Waals surface area contributed by atoms with Crippen LogP contribution in [0.25, 0.3) is 0 Å². The van der Waals surface area contributed by atoms with Crippen LogP contribution in [0, 0.1) is 17.3 Å². The molecule has 0 spiro atoms. The molecule has 0 aliphatic carbocycles. The summed E-state index contributed by atoms with van der Waals surface area (Å²) in [6, 6.07) is 0. The van der Waals surface area contributed by atoms with Gasteiger partial charge in [0.05, 0.1) is 0 Å². The Labute approximate surface area is 89.9 Å². The lowest BCUT2D eigenvalue weighted by Crippen LogP contribution is -2.63. The van der Waals surface area contributed by atoms with Gasteiger partial charge in [0, 0.05) is 18.6 Å². The zero-order valence-electron chi connectivity index (χ0n) is 11.0. The molecule has 1 saturated heterocycles. The quantitative estimate of drug-likeness (QED) is 0.656. The molecule has 0 N–H and O–H groups in total. The molecule has 1 heteroatoms. The minimum absolute atomic E-state index is 0.332. The van der Waals surface area contributed by atoms with Gasteiger partial charge in [0.15, 0.2) is 0 Å². The number of nitrogens with zero attached hydrogens (tertiary/aromatic N) is 1. The van der Waals surface area contributed by atoms with E-state index in [9.17, 15) is 0 Å². The van der Waals surface area contributed by atoms with Crippen molar-refractivity contribution < 1.29 is 0 Å². The van der Waals surface area contributed by atoms with Crippen molar-refractivity contribution in [3.8, 4) is 0 Å². The van der Waals surface area contributed by atoms with Crippen LogP contribution in [0.1, 0.15) is 48.5 Å². The van der Waals surface area contributed by atoms with Crippen LogP contribution in [0.2, 0.25) is 0 Å². The molecular formula is C13H27N. The van der Waals surface area contributed by atoms with E-state index in [0.717, 1.165) is 11.8 Å². The first-order valence-corrected chi connectivity index (χ1v) is 5.91. The summed E-state index contributed by atoms with van der Waals surface area (Å²) < 4.78 is 0. The summed E-state index contributed by atoms with van der Waals surface area (Å²) in [5.74, 6) is 1.78. The van der Waals surface area contributed by atoms with Crippen LogP contribution < -0.4 is 0 Å². The van der Waals surface area contributed by atoms with E-state index < -0.39 is 0 Å². The Morgan fingerprint density at radius 2 is 1.43 bits per heavy atom. The maximum atomic E-state index is 2.64. The fourth-order valence-corrected chi connectivity index (χ4v) is 1.87. The Hall–Kier alpha value is -0.0400. The SMILES string of the molecule is CC(C)C1CN(C(C)(C)C(C)(C)C)C1. The second-order valence-electron chi connectivity index (χ2n) is 6.72. The van der Waals surface area contributed by atoms with Crippen molar-refractivity contribution >= 4 is 0 Å². The van der Waals surface area contributed by atoms with Crippen LogP contribution in [0.4, 0.5) is 0 Å². The molecule has 1 aliphatic heterocycles. The van der Waals surface area contributed by atoms with Crippen LogP contribution in [-0.4, -0.2) is 23.5 Å². The van der Waals surface area contributed by atoms with Gasteiger partial charge in [-0.3, -0.25) is 4.90 Å². The van der Waals surface area contributed by atoms with Gasteiger partial charge in [-0.1, -0.05) is 34.6 Å². The van der Waals surface area contributed by atoms with Crippen LogP contribution in [-0.2, 0) is 0 Å². The lowest BCUT2D eigenvalue weighted by Gasteiger charge is -2.56. The molecule has 1 nitrogen and oxygen atoms in total. The Balaban J connectivity index is 2.54. The topological polar surface area (TPSA) is 3.24 Å². The smallest absolute Gasteiger partial charge is 0.0201 e. The largest absolute Gasteiger partial charge is 0.297 e. The zero-order chi connectivity index (χ0) is 11.1. The van der Waals surface area contributed by atoms with Gasteiger partial charge >= 0.3 is 0 Å². The zero-order valence-corrected chi connectivity index (χ0v) is 11.0. The maximum absolute atomic E-state index is 2.64. The molecular weight excluding hydrogens is 170 g/mol. The van der Waals surface area contributed by atoms with E-state index in [2.05, 4.69) is 53.4 Å². The third-order valence-electron chi connectivity index (χ3n) is 4.48. The van der Waals surface area contributed by atoms with Crippen molar-refractivity contribution in [2.75, 3.05) is 13.1 Å². The van der Waals surface area contributed by atoms with Crippen molar-refractivity contribution in [1.29, 1.82) is 0 Å². The Morgan fingerprint density at radius 3 is 1.71 bits per heavy atom. The minimum Gasteiger partial charge on any atom is -0.297 e. The Kier molecular flexibility index (Phi) is 3.02. The Bertz CT molecular complexity index is 192. The summed E-state index contributed by atoms with van der Waals surface area (Å²) in [6.07, 6.45) is 0.